The average Bonchev–Trinajstić information content (AvgIpc) is 3.82. The van der Waals surface area contributed by atoms with Gasteiger partial charge >= 0.3 is 5.97 Å². The number of hydrogen-bond acceptors (Lipinski definition) is 9. The van der Waals surface area contributed by atoms with Crippen LogP contribution in [-0.2, 0) is 34.0 Å². The van der Waals surface area contributed by atoms with E-state index < -0.39 is 108 Å². The first-order valence-electron chi connectivity index (χ1n) is 21.0. The Labute approximate surface area is 337 Å². The Morgan fingerprint density at radius 2 is 1.21 bits per heavy atom. The van der Waals surface area contributed by atoms with Gasteiger partial charge in [0.25, 0.3) is 10.1 Å². The van der Waals surface area contributed by atoms with E-state index in [0.717, 1.165) is 101 Å². The Balaban J connectivity index is 1.20. The second-order valence-electron chi connectivity index (χ2n) is 17.8. The molecule has 0 spiro atoms. The van der Waals surface area contributed by atoms with Gasteiger partial charge in [-0.25, -0.2) is 17.2 Å². The fourth-order valence-corrected chi connectivity index (χ4v) is 14.0. The summed E-state index contributed by atoms with van der Waals surface area (Å²) >= 11 is 0. The maximum Gasteiger partial charge on any atom is 0.315 e. The summed E-state index contributed by atoms with van der Waals surface area (Å²) in [5.41, 5.74) is 2.70. The smallest absolute Gasteiger partial charge is 0.315 e. The van der Waals surface area contributed by atoms with Crippen molar-refractivity contribution < 1.29 is 57.5 Å². The molecule has 8 rings (SSSR count). The number of nitrogens with zero attached hydrogens (tertiary/aromatic N) is 1. The molecule has 5 aliphatic carbocycles. The van der Waals surface area contributed by atoms with Crippen molar-refractivity contribution in [2.45, 2.75) is 162 Å². The van der Waals surface area contributed by atoms with Gasteiger partial charge in [0.05, 0.1) is 17.9 Å². The molecule has 1 amide bonds. The highest BCUT2D eigenvalue weighted by molar-refractivity contribution is 7.87. The number of hydrogen-bond donors (Lipinski definition) is 0. The Kier molecular flexibility index (Phi) is 11.3. The molecule has 0 aromatic heterocycles. The summed E-state index contributed by atoms with van der Waals surface area (Å²) in [6, 6.07) is 2.99. The first-order valence-corrected chi connectivity index (χ1v) is 23.8. The molecule has 1 aliphatic heterocycles. The van der Waals surface area contributed by atoms with Crippen LogP contribution in [0.1, 0.15) is 151 Å². The van der Waals surface area contributed by atoms with E-state index in [0.29, 0.717) is 5.92 Å². The van der Waals surface area contributed by atoms with E-state index >= 15 is 17.2 Å². The third kappa shape index (κ3) is 7.08. The first-order chi connectivity index (χ1) is 27.5. The molecule has 16 heteroatoms. The summed E-state index contributed by atoms with van der Waals surface area (Å²) in [6.45, 7) is 3.48. The van der Waals surface area contributed by atoms with E-state index in [1.807, 2.05) is 0 Å². The molecule has 0 radical (unpaired) electrons. The van der Waals surface area contributed by atoms with Crippen LogP contribution in [0.3, 0.4) is 0 Å². The summed E-state index contributed by atoms with van der Waals surface area (Å²) in [4.78, 5) is 27.3. The highest BCUT2D eigenvalue weighted by Crippen LogP contribution is 2.61. The molecule has 5 saturated carbocycles. The molecule has 6 unspecified atom stereocenters. The standard InChI is InChI=1S/C42H51F4NO9S2/c1-21(2)47-36-28-20-29(31(30(28)41(47)48)42(49)55-38-32(43)34(45)40(57(50,51)52)35(46)33(38)44)37(36)56-58(53,54)39-26(23-14-8-4-9-15-23)18-25(22-12-6-3-7-13-22)19-27(39)24-16-10-5-11-17-24/h18-19,21-24,28-31,36-37H,3-17,20H2,1-2H3,(H,50,51,52)/p-1. The number of carbonyl (C=O) groups is 2. The van der Waals surface area contributed by atoms with Gasteiger partial charge in [0, 0.05) is 12.0 Å². The van der Waals surface area contributed by atoms with Crippen molar-refractivity contribution in [3.63, 3.8) is 0 Å². The highest BCUT2D eigenvalue weighted by atomic mass is 32.2. The van der Waals surface area contributed by atoms with Crippen LogP contribution in [0.2, 0.25) is 0 Å². The zero-order chi connectivity index (χ0) is 41.4. The lowest BCUT2D eigenvalue weighted by Gasteiger charge is -2.36. The quantitative estimate of drug-likeness (QED) is 0.0574. The van der Waals surface area contributed by atoms with Crippen LogP contribution in [0, 0.1) is 46.9 Å². The molecule has 1 heterocycles. The lowest BCUT2D eigenvalue weighted by molar-refractivity contribution is -0.147. The number of esters is 1. The minimum atomic E-state index is -6.03. The Morgan fingerprint density at radius 1 is 0.724 bits per heavy atom. The molecular formula is C42H50F4NO9S2-. The van der Waals surface area contributed by atoms with Crippen molar-refractivity contribution >= 4 is 32.1 Å². The summed E-state index contributed by atoms with van der Waals surface area (Å²) in [6.07, 6.45) is 13.6. The number of carbonyl (C=O) groups excluding carboxylic acids is 2. The minimum absolute atomic E-state index is 0.00561. The van der Waals surface area contributed by atoms with Crippen molar-refractivity contribution in [2.75, 3.05) is 0 Å². The molecule has 1 saturated heterocycles. The molecule has 10 nitrogen and oxygen atoms in total. The molecule has 0 N–H and O–H groups in total. The van der Waals surface area contributed by atoms with Crippen LogP contribution in [-0.4, -0.2) is 56.4 Å². The third-order valence-electron chi connectivity index (χ3n) is 14.2. The Hall–Kier alpha value is -3.08. The van der Waals surface area contributed by atoms with Gasteiger partial charge in [-0.2, -0.15) is 17.2 Å². The summed E-state index contributed by atoms with van der Waals surface area (Å²) < 4.78 is 136. The lowest BCUT2D eigenvalue weighted by Crippen LogP contribution is -2.49. The second kappa shape index (κ2) is 15.7. The number of fused-ring (bicyclic) bond motifs is 1. The molecule has 6 aliphatic rings. The topological polar surface area (TPSA) is 147 Å². The van der Waals surface area contributed by atoms with Gasteiger partial charge in [-0.3, -0.25) is 13.8 Å². The zero-order valence-corrected chi connectivity index (χ0v) is 34.3. The van der Waals surface area contributed by atoms with Gasteiger partial charge in [0.1, 0.15) is 26.0 Å². The Bertz CT molecular complexity index is 2130. The molecule has 2 bridgehead atoms. The van der Waals surface area contributed by atoms with Crippen LogP contribution in [0.15, 0.2) is 21.9 Å². The highest BCUT2D eigenvalue weighted by Gasteiger charge is 2.71. The normalized spacial score (nSPS) is 28.6. The van der Waals surface area contributed by atoms with Crippen molar-refractivity contribution in [1.82, 2.24) is 4.90 Å². The van der Waals surface area contributed by atoms with Gasteiger partial charge < -0.3 is 14.2 Å². The first kappa shape index (κ1) is 41.6. The number of benzene rings is 2. The van der Waals surface area contributed by atoms with Gasteiger partial charge in [-0.1, -0.05) is 69.9 Å². The van der Waals surface area contributed by atoms with Crippen molar-refractivity contribution in [3.05, 3.63) is 52.1 Å². The van der Waals surface area contributed by atoms with E-state index in [1.54, 1.807) is 13.8 Å². The predicted molar refractivity (Wildman–Crippen MR) is 200 cm³/mol. The number of amides is 1. The van der Waals surface area contributed by atoms with Crippen molar-refractivity contribution in [1.29, 1.82) is 0 Å². The maximum atomic E-state index is 15.3. The molecule has 6 atom stereocenters. The number of rotatable bonds is 10. The second-order valence-corrected chi connectivity index (χ2v) is 20.6. The minimum Gasteiger partial charge on any atom is -0.744 e. The zero-order valence-electron chi connectivity index (χ0n) is 32.7. The Morgan fingerprint density at radius 3 is 1.67 bits per heavy atom. The molecule has 318 valence electrons. The van der Waals surface area contributed by atoms with Crippen LogP contribution in [0.5, 0.6) is 5.75 Å². The fourth-order valence-electron chi connectivity index (χ4n) is 11.8. The number of ether oxygens (including phenoxy) is 1. The van der Waals surface area contributed by atoms with Gasteiger partial charge in [-0.05, 0) is 99.2 Å². The molecule has 2 aromatic rings. The maximum absolute atomic E-state index is 15.3. The van der Waals surface area contributed by atoms with Crippen LogP contribution in [0.25, 0.3) is 0 Å². The van der Waals surface area contributed by atoms with E-state index in [2.05, 4.69) is 12.1 Å². The third-order valence-corrected chi connectivity index (χ3v) is 16.5. The van der Waals surface area contributed by atoms with Crippen molar-refractivity contribution in [3.8, 4) is 5.75 Å². The van der Waals surface area contributed by atoms with Crippen LogP contribution < -0.4 is 4.74 Å². The summed E-state index contributed by atoms with van der Waals surface area (Å²) in [5, 5.41) is 0. The number of likely N-dealkylation sites (tertiary alicyclic amines) is 1. The summed E-state index contributed by atoms with van der Waals surface area (Å²) in [7, 11) is -10.6. The molecule has 58 heavy (non-hydrogen) atoms. The fraction of sp³-hybridized carbons (Fsp3) is 0.667. The predicted octanol–water partition coefficient (Wildman–Crippen LogP) is 8.47. The van der Waals surface area contributed by atoms with Gasteiger partial charge in [0.2, 0.25) is 23.3 Å². The SMILES string of the molecule is CC(C)N1C(=O)C2C3CC(C(OS(=O)(=O)c4c(C5CCCCC5)cc(C5CCCCC5)cc4C4CCCCC4)C31)C2C(=O)Oc1c(F)c(F)c(S(=O)(=O)[O-])c(F)c1F. The van der Waals surface area contributed by atoms with E-state index in [4.69, 9.17) is 8.92 Å². The summed E-state index contributed by atoms with van der Waals surface area (Å²) in [5.74, 6) is -17.9. The largest absolute Gasteiger partial charge is 0.744 e. The van der Waals surface area contributed by atoms with Crippen LogP contribution >= 0.6 is 0 Å². The molecule has 2 aromatic carbocycles. The lowest BCUT2D eigenvalue weighted by atomic mass is 9.76. The van der Waals surface area contributed by atoms with Crippen molar-refractivity contribution in [2.24, 2.45) is 23.7 Å². The molecule has 6 fully saturated rings. The molecular weight excluding hydrogens is 803 g/mol. The van der Waals surface area contributed by atoms with Crippen LogP contribution in [0.4, 0.5) is 17.6 Å². The van der Waals surface area contributed by atoms with Gasteiger partial charge in [-0.15, -0.1) is 0 Å². The van der Waals surface area contributed by atoms with E-state index in [9.17, 15) is 31.3 Å². The van der Waals surface area contributed by atoms with E-state index in [1.165, 1.54) is 16.9 Å². The average molecular weight is 853 g/mol. The number of halogens is 4. The monoisotopic (exact) mass is 852 g/mol. The van der Waals surface area contributed by atoms with Gasteiger partial charge in [0.15, 0.2) is 11.6 Å². The van der Waals surface area contributed by atoms with E-state index in [-0.39, 0.29) is 23.2 Å².